The molecule has 0 saturated carbocycles. The van der Waals surface area contributed by atoms with Crippen LogP contribution in [0.25, 0.3) is 11.3 Å². The second kappa shape index (κ2) is 10.3. The molecule has 0 unspecified atom stereocenters. The Morgan fingerprint density at radius 3 is 2.40 bits per heavy atom. The van der Waals surface area contributed by atoms with Crippen LogP contribution in [0.2, 0.25) is 5.02 Å². The van der Waals surface area contributed by atoms with Crippen molar-refractivity contribution in [3.8, 4) is 17.0 Å². The summed E-state index contributed by atoms with van der Waals surface area (Å²) in [6.45, 7) is -1.47. The van der Waals surface area contributed by atoms with Gasteiger partial charge in [-0.15, -0.1) is 0 Å². The fraction of sp³-hybridized carbons (Fsp3) is 0.300. The first-order chi connectivity index (χ1) is 16.4. The molecule has 0 atom stereocenters. The number of carbonyl (C=O) groups is 2. The fourth-order valence-electron chi connectivity index (χ4n) is 3.29. The number of nitrogens with zero attached hydrogens (tertiary/aromatic N) is 5. The van der Waals surface area contributed by atoms with Crippen LogP contribution >= 0.6 is 11.6 Å². The number of aromatic hydroxyl groups is 1. The predicted molar refractivity (Wildman–Crippen MR) is 111 cm³/mol. The first kappa shape index (κ1) is 25.9. The third-order valence-corrected chi connectivity index (χ3v) is 5.19. The number of alkyl halides is 5. The molecule has 1 amide bonds. The third kappa shape index (κ3) is 6.07. The van der Waals surface area contributed by atoms with Gasteiger partial charge in [0.25, 0.3) is 5.91 Å². The van der Waals surface area contributed by atoms with E-state index in [2.05, 4.69) is 10.1 Å². The molecular weight excluding hydrogens is 505 g/mol. The zero-order chi connectivity index (χ0) is 25.9. The van der Waals surface area contributed by atoms with Gasteiger partial charge >= 0.3 is 18.7 Å². The zero-order valence-corrected chi connectivity index (χ0v) is 18.3. The van der Waals surface area contributed by atoms with Gasteiger partial charge in [-0.25, -0.2) is 14.5 Å². The molecule has 0 radical (unpaired) electrons. The standard InChI is InChI=1S/C18H16ClF2N5O2.C2HF3O2/c19-12-1-2-15(27)13(7-12)17(28)24-4-3-16-22-9-14(25(16)6-5-24)11-8-23-26(10-11)18(20)21;3-2(4,5)1(6)7/h1-2,7-10,18,27H,3-6H2;(H,6,7). The average molecular weight is 522 g/mol. The van der Waals surface area contributed by atoms with Crippen molar-refractivity contribution in [1.29, 1.82) is 0 Å². The number of amides is 1. The van der Waals surface area contributed by atoms with E-state index in [1.165, 1.54) is 30.6 Å². The topological polar surface area (TPSA) is 113 Å². The second-order valence-corrected chi connectivity index (χ2v) is 7.64. The zero-order valence-electron chi connectivity index (χ0n) is 17.6. The normalized spacial score (nSPS) is 13.6. The highest BCUT2D eigenvalue weighted by Gasteiger charge is 2.38. The number of phenolic OH excluding ortho intramolecular Hbond substituents is 1. The molecule has 35 heavy (non-hydrogen) atoms. The van der Waals surface area contributed by atoms with Crippen molar-refractivity contribution in [3.63, 3.8) is 0 Å². The first-order valence-electron chi connectivity index (χ1n) is 9.83. The summed E-state index contributed by atoms with van der Waals surface area (Å²) in [7, 11) is 0. The molecule has 3 heterocycles. The van der Waals surface area contributed by atoms with Crippen LogP contribution in [0, 0.1) is 0 Å². The number of phenols is 1. The molecule has 188 valence electrons. The molecule has 1 aromatic carbocycles. The number of aliphatic carboxylic acids is 1. The average Bonchev–Trinajstić information content (AvgIpc) is 3.37. The lowest BCUT2D eigenvalue weighted by Gasteiger charge is -2.21. The van der Waals surface area contributed by atoms with Gasteiger partial charge in [-0.05, 0) is 18.2 Å². The Kier molecular flexibility index (Phi) is 7.63. The summed E-state index contributed by atoms with van der Waals surface area (Å²) in [5.41, 5.74) is 1.35. The highest BCUT2D eigenvalue weighted by molar-refractivity contribution is 6.31. The SMILES string of the molecule is O=C(O)C(F)(F)F.O=C(c1cc(Cl)ccc1O)N1CCc2ncc(-c3cnn(C(F)F)c3)n2CC1. The van der Waals surface area contributed by atoms with E-state index >= 15 is 0 Å². The van der Waals surface area contributed by atoms with Gasteiger partial charge in [-0.2, -0.15) is 27.1 Å². The van der Waals surface area contributed by atoms with Crippen LogP contribution in [0.3, 0.4) is 0 Å². The summed E-state index contributed by atoms with van der Waals surface area (Å²) in [5, 5.41) is 21.1. The minimum atomic E-state index is -5.08. The fourth-order valence-corrected chi connectivity index (χ4v) is 3.46. The second-order valence-electron chi connectivity index (χ2n) is 7.20. The summed E-state index contributed by atoms with van der Waals surface area (Å²) >= 11 is 5.94. The third-order valence-electron chi connectivity index (χ3n) is 4.95. The Balaban J connectivity index is 0.000000429. The number of benzene rings is 1. The molecule has 1 aliphatic rings. The maximum absolute atomic E-state index is 12.8. The number of halogens is 6. The molecule has 3 aromatic rings. The van der Waals surface area contributed by atoms with Gasteiger partial charge in [0.05, 0.1) is 23.7 Å². The monoisotopic (exact) mass is 521 g/mol. The van der Waals surface area contributed by atoms with Crippen molar-refractivity contribution >= 4 is 23.5 Å². The van der Waals surface area contributed by atoms with E-state index in [4.69, 9.17) is 21.5 Å². The summed E-state index contributed by atoms with van der Waals surface area (Å²) < 4.78 is 59.8. The molecule has 0 spiro atoms. The first-order valence-corrected chi connectivity index (χ1v) is 10.2. The Morgan fingerprint density at radius 2 is 1.80 bits per heavy atom. The number of imidazole rings is 1. The molecule has 1 aliphatic heterocycles. The minimum absolute atomic E-state index is 0.128. The lowest BCUT2D eigenvalue weighted by Crippen LogP contribution is -2.33. The van der Waals surface area contributed by atoms with E-state index in [0.717, 1.165) is 5.82 Å². The number of carbonyl (C=O) groups excluding carboxylic acids is 1. The summed E-state index contributed by atoms with van der Waals surface area (Å²) in [6.07, 6.45) is -0.320. The van der Waals surface area contributed by atoms with Crippen LogP contribution in [-0.4, -0.2) is 65.6 Å². The van der Waals surface area contributed by atoms with Gasteiger partial charge in [-0.3, -0.25) is 4.79 Å². The van der Waals surface area contributed by atoms with E-state index in [-0.39, 0.29) is 17.2 Å². The number of hydrogen-bond donors (Lipinski definition) is 2. The van der Waals surface area contributed by atoms with E-state index in [1.807, 2.05) is 4.57 Å². The summed E-state index contributed by atoms with van der Waals surface area (Å²) in [5.74, 6) is -2.45. The Bertz CT molecular complexity index is 1230. The maximum Gasteiger partial charge on any atom is 0.490 e. The van der Waals surface area contributed by atoms with Gasteiger partial charge < -0.3 is 19.7 Å². The molecular formula is C20H17ClF5N5O4. The molecule has 0 fully saturated rings. The van der Waals surface area contributed by atoms with Crippen LogP contribution in [0.5, 0.6) is 5.75 Å². The van der Waals surface area contributed by atoms with E-state index in [9.17, 15) is 31.9 Å². The summed E-state index contributed by atoms with van der Waals surface area (Å²) in [6, 6.07) is 4.33. The quantitative estimate of drug-likeness (QED) is 0.506. The number of carboxylic acids is 1. The molecule has 2 aromatic heterocycles. The van der Waals surface area contributed by atoms with E-state index < -0.39 is 18.7 Å². The molecule has 0 aliphatic carbocycles. The molecule has 0 saturated heterocycles. The maximum atomic E-state index is 12.8. The van der Waals surface area contributed by atoms with Crippen molar-refractivity contribution in [2.75, 3.05) is 13.1 Å². The van der Waals surface area contributed by atoms with Crippen molar-refractivity contribution in [3.05, 3.63) is 53.2 Å². The van der Waals surface area contributed by atoms with Crippen LogP contribution in [0.15, 0.2) is 36.8 Å². The van der Waals surface area contributed by atoms with Gasteiger partial charge in [0.1, 0.15) is 11.6 Å². The molecule has 2 N–H and O–H groups in total. The van der Waals surface area contributed by atoms with Crippen LogP contribution < -0.4 is 0 Å². The van der Waals surface area contributed by atoms with E-state index in [0.29, 0.717) is 47.0 Å². The largest absolute Gasteiger partial charge is 0.507 e. The lowest BCUT2D eigenvalue weighted by molar-refractivity contribution is -0.192. The van der Waals surface area contributed by atoms with Gasteiger partial charge in [0.15, 0.2) is 0 Å². The predicted octanol–water partition coefficient (Wildman–Crippen LogP) is 3.83. The Hall–Kier alpha value is -3.68. The summed E-state index contributed by atoms with van der Waals surface area (Å²) in [4.78, 5) is 27.7. The van der Waals surface area contributed by atoms with Crippen molar-refractivity contribution in [1.82, 2.24) is 24.2 Å². The van der Waals surface area contributed by atoms with Crippen molar-refractivity contribution in [2.45, 2.75) is 25.7 Å². The number of carboxylic acid groups (broad SMARTS) is 1. The number of aromatic nitrogens is 4. The van der Waals surface area contributed by atoms with Gasteiger partial charge in [0, 0.05) is 42.8 Å². The van der Waals surface area contributed by atoms with Crippen molar-refractivity contribution in [2.24, 2.45) is 0 Å². The Morgan fingerprint density at radius 1 is 1.11 bits per heavy atom. The van der Waals surface area contributed by atoms with Crippen molar-refractivity contribution < 1.29 is 41.8 Å². The van der Waals surface area contributed by atoms with Crippen LogP contribution in [0.4, 0.5) is 22.0 Å². The molecule has 0 bridgehead atoms. The van der Waals surface area contributed by atoms with Crippen LogP contribution in [0.1, 0.15) is 22.7 Å². The Labute approximate surface area is 199 Å². The van der Waals surface area contributed by atoms with Gasteiger partial charge in [-0.1, -0.05) is 11.6 Å². The van der Waals surface area contributed by atoms with Crippen LogP contribution in [-0.2, 0) is 17.8 Å². The minimum Gasteiger partial charge on any atom is -0.507 e. The molecule has 15 heteroatoms. The molecule has 4 rings (SSSR count). The number of rotatable bonds is 3. The highest BCUT2D eigenvalue weighted by atomic mass is 35.5. The number of fused-ring (bicyclic) bond motifs is 1. The van der Waals surface area contributed by atoms with Gasteiger partial charge in [0.2, 0.25) is 0 Å². The smallest absolute Gasteiger partial charge is 0.490 e. The van der Waals surface area contributed by atoms with E-state index in [1.54, 1.807) is 11.1 Å². The molecule has 9 nitrogen and oxygen atoms in total. The highest BCUT2D eigenvalue weighted by Crippen LogP contribution is 2.26. The lowest BCUT2D eigenvalue weighted by atomic mass is 10.1. The number of hydrogen-bond acceptors (Lipinski definition) is 5.